The van der Waals surface area contributed by atoms with E-state index in [9.17, 15) is 14.4 Å². The minimum Gasteiger partial charge on any atom is -0.465 e. The normalized spacial score (nSPS) is 11.6. The molecule has 6 nitrogen and oxygen atoms in total. The Kier molecular flexibility index (Phi) is 53.5. The van der Waals surface area contributed by atoms with Crippen LogP contribution in [0.15, 0.2) is 0 Å². The van der Waals surface area contributed by atoms with Gasteiger partial charge in [0.05, 0.1) is 5.41 Å². The molecule has 0 aromatic heterocycles. The molecule has 0 radical (unpaired) electrons. The lowest BCUT2D eigenvalue weighted by atomic mass is 9.94. The van der Waals surface area contributed by atoms with Crippen molar-refractivity contribution in [3.8, 4) is 0 Å². The standard InChI is InChI=1S/C62H120O6/c1-5-8-11-14-17-20-23-26-29-32-35-38-41-44-47-50-53-59(63)66-56-62(4,57-67-60(64)54-51-48-45-42-39-36-33-30-27-24-21-18-15-12-9-6-2)58-68-61(65)55-52-49-46-43-40-37-34-31-28-25-22-19-16-13-10-7-3/h5-58H2,1-4H3. The van der Waals surface area contributed by atoms with Crippen molar-refractivity contribution < 1.29 is 28.6 Å². The highest BCUT2D eigenvalue weighted by Crippen LogP contribution is 2.22. The van der Waals surface area contributed by atoms with Crippen LogP contribution >= 0.6 is 0 Å². The SMILES string of the molecule is CCCCCCCCCCCCCCCCCCC(=O)OCC(C)(COC(=O)CCCCCCCCCCCCCCCCCC)COC(=O)CCCCCCCCCCCCCCCCCC. The zero-order valence-corrected chi connectivity index (χ0v) is 46.6. The van der Waals surface area contributed by atoms with E-state index in [1.54, 1.807) is 0 Å². The third-order valence-electron chi connectivity index (χ3n) is 14.4. The third kappa shape index (κ3) is 52.2. The molecule has 0 spiro atoms. The zero-order chi connectivity index (χ0) is 49.5. The highest BCUT2D eigenvalue weighted by atomic mass is 16.6. The lowest BCUT2D eigenvalue weighted by Crippen LogP contribution is -2.37. The molecule has 0 atom stereocenters. The molecule has 0 saturated carbocycles. The molecule has 0 saturated heterocycles. The number of rotatable bonds is 57. The van der Waals surface area contributed by atoms with Crippen molar-refractivity contribution in [2.45, 2.75) is 355 Å². The van der Waals surface area contributed by atoms with Crippen molar-refractivity contribution in [1.29, 1.82) is 0 Å². The van der Waals surface area contributed by atoms with Crippen LogP contribution in [0.25, 0.3) is 0 Å². The Morgan fingerprint density at radius 3 is 0.515 bits per heavy atom. The van der Waals surface area contributed by atoms with Crippen LogP contribution < -0.4 is 0 Å². The minimum atomic E-state index is -0.779. The Hall–Kier alpha value is -1.59. The smallest absolute Gasteiger partial charge is 0.305 e. The Balaban J connectivity index is 4.40. The average molecular weight is 962 g/mol. The number of carbonyl (C=O) groups excluding carboxylic acids is 3. The first-order valence-electron chi connectivity index (χ1n) is 30.8. The molecule has 0 heterocycles. The molecule has 68 heavy (non-hydrogen) atoms. The summed E-state index contributed by atoms with van der Waals surface area (Å²) in [5.74, 6) is -0.665. The summed E-state index contributed by atoms with van der Waals surface area (Å²) in [6.45, 7) is 8.96. The van der Waals surface area contributed by atoms with Crippen LogP contribution in [0.4, 0.5) is 0 Å². The van der Waals surface area contributed by atoms with Crippen molar-refractivity contribution in [2.75, 3.05) is 19.8 Å². The first-order valence-corrected chi connectivity index (χ1v) is 30.8. The topological polar surface area (TPSA) is 78.9 Å². The van der Waals surface area contributed by atoms with Crippen molar-refractivity contribution in [3.63, 3.8) is 0 Å². The average Bonchev–Trinajstić information content (AvgIpc) is 3.34. The molecule has 404 valence electrons. The van der Waals surface area contributed by atoms with E-state index < -0.39 is 5.41 Å². The van der Waals surface area contributed by atoms with Gasteiger partial charge in [-0.2, -0.15) is 0 Å². The van der Waals surface area contributed by atoms with Crippen LogP contribution in [-0.4, -0.2) is 37.7 Å². The molecule has 0 aliphatic carbocycles. The van der Waals surface area contributed by atoms with Crippen molar-refractivity contribution >= 4 is 17.9 Å². The number of hydrogen-bond acceptors (Lipinski definition) is 6. The van der Waals surface area contributed by atoms with Crippen LogP contribution in [0.3, 0.4) is 0 Å². The van der Waals surface area contributed by atoms with E-state index in [-0.39, 0.29) is 37.7 Å². The number of hydrogen-bond donors (Lipinski definition) is 0. The quantitative estimate of drug-likeness (QED) is 0.0343. The summed E-state index contributed by atoms with van der Waals surface area (Å²) in [7, 11) is 0. The van der Waals surface area contributed by atoms with Gasteiger partial charge < -0.3 is 14.2 Å². The van der Waals surface area contributed by atoms with Gasteiger partial charge in [0.1, 0.15) is 19.8 Å². The molecule has 0 amide bonds. The van der Waals surface area contributed by atoms with Crippen molar-refractivity contribution in [2.24, 2.45) is 5.41 Å². The van der Waals surface area contributed by atoms with Crippen LogP contribution in [0.5, 0.6) is 0 Å². The molecule has 0 N–H and O–H groups in total. The largest absolute Gasteiger partial charge is 0.465 e. The summed E-state index contributed by atoms with van der Waals surface area (Å²) < 4.78 is 17.3. The molecule has 0 aromatic rings. The fraction of sp³-hybridized carbons (Fsp3) is 0.952. The molecule has 0 rings (SSSR count). The summed E-state index contributed by atoms with van der Waals surface area (Å²) in [5, 5.41) is 0. The van der Waals surface area contributed by atoms with Gasteiger partial charge in [-0.25, -0.2) is 0 Å². The second kappa shape index (κ2) is 54.7. The van der Waals surface area contributed by atoms with E-state index >= 15 is 0 Å². The van der Waals surface area contributed by atoms with Gasteiger partial charge in [0.2, 0.25) is 0 Å². The fourth-order valence-electron chi connectivity index (χ4n) is 9.56. The molecule has 0 aliphatic heterocycles. The van der Waals surface area contributed by atoms with E-state index in [4.69, 9.17) is 14.2 Å². The lowest BCUT2D eigenvalue weighted by Gasteiger charge is -2.28. The van der Waals surface area contributed by atoms with Crippen LogP contribution in [0, 0.1) is 5.41 Å². The minimum absolute atomic E-state index is 0.0728. The molecule has 6 heteroatoms. The van der Waals surface area contributed by atoms with Crippen LogP contribution in [0.2, 0.25) is 0 Å². The third-order valence-corrected chi connectivity index (χ3v) is 14.4. The number of unbranched alkanes of at least 4 members (excludes halogenated alkanes) is 45. The highest BCUT2D eigenvalue weighted by molar-refractivity contribution is 5.70. The second-order valence-electron chi connectivity index (χ2n) is 22.0. The molecule has 0 aromatic carbocycles. The van der Waals surface area contributed by atoms with Crippen molar-refractivity contribution in [1.82, 2.24) is 0 Å². The summed E-state index contributed by atoms with van der Waals surface area (Å²) in [6.07, 6.45) is 63.5. The predicted molar refractivity (Wildman–Crippen MR) is 293 cm³/mol. The Bertz CT molecular complexity index is 916. The molecular weight excluding hydrogens is 841 g/mol. The number of ether oxygens (including phenoxy) is 3. The Morgan fingerprint density at radius 1 is 0.235 bits per heavy atom. The maximum Gasteiger partial charge on any atom is 0.305 e. The van der Waals surface area contributed by atoms with Gasteiger partial charge in [-0.05, 0) is 26.2 Å². The summed E-state index contributed by atoms with van der Waals surface area (Å²) in [5.41, 5.74) is -0.779. The van der Waals surface area contributed by atoms with E-state index in [1.807, 2.05) is 6.92 Å². The number of esters is 3. The van der Waals surface area contributed by atoms with Gasteiger partial charge in [-0.1, -0.05) is 310 Å². The second-order valence-corrected chi connectivity index (χ2v) is 22.0. The first-order chi connectivity index (χ1) is 33.4. The molecule has 0 fully saturated rings. The Labute approximate surface area is 425 Å². The maximum absolute atomic E-state index is 12.8. The van der Waals surface area contributed by atoms with Gasteiger partial charge in [-0.15, -0.1) is 0 Å². The monoisotopic (exact) mass is 961 g/mol. The van der Waals surface area contributed by atoms with Crippen LogP contribution in [0.1, 0.15) is 355 Å². The summed E-state index contributed by atoms with van der Waals surface area (Å²) in [6, 6.07) is 0. The van der Waals surface area contributed by atoms with Crippen molar-refractivity contribution in [3.05, 3.63) is 0 Å². The van der Waals surface area contributed by atoms with Gasteiger partial charge in [0.25, 0.3) is 0 Å². The predicted octanol–water partition coefficient (Wildman–Crippen LogP) is 20.6. The first kappa shape index (κ1) is 66.4. The van der Waals surface area contributed by atoms with E-state index in [0.717, 1.165) is 57.8 Å². The molecule has 0 unspecified atom stereocenters. The molecule has 0 aliphatic rings. The lowest BCUT2D eigenvalue weighted by molar-refractivity contribution is -0.160. The molecular formula is C62H120O6. The maximum atomic E-state index is 12.8. The van der Waals surface area contributed by atoms with Gasteiger partial charge >= 0.3 is 17.9 Å². The van der Waals surface area contributed by atoms with E-state index in [1.165, 1.54) is 250 Å². The fourth-order valence-corrected chi connectivity index (χ4v) is 9.56. The number of carbonyl (C=O) groups is 3. The summed E-state index contributed by atoms with van der Waals surface area (Å²) in [4.78, 5) is 38.5. The summed E-state index contributed by atoms with van der Waals surface area (Å²) >= 11 is 0. The zero-order valence-electron chi connectivity index (χ0n) is 46.6. The van der Waals surface area contributed by atoms with Gasteiger partial charge in [-0.3, -0.25) is 14.4 Å². The van der Waals surface area contributed by atoms with Gasteiger partial charge in [0.15, 0.2) is 0 Å². The van der Waals surface area contributed by atoms with Gasteiger partial charge in [0, 0.05) is 19.3 Å². The molecule has 0 bridgehead atoms. The Morgan fingerprint density at radius 2 is 0.368 bits per heavy atom. The van der Waals surface area contributed by atoms with E-state index in [2.05, 4.69) is 20.8 Å². The van der Waals surface area contributed by atoms with E-state index in [0.29, 0.717) is 19.3 Å². The van der Waals surface area contributed by atoms with Crippen LogP contribution in [-0.2, 0) is 28.6 Å². The highest BCUT2D eigenvalue weighted by Gasteiger charge is 2.31.